The molecule has 110 valence electrons. The first kappa shape index (κ1) is 16.0. The Morgan fingerprint density at radius 2 is 1.79 bits per heavy atom. The molecule has 2 N–H and O–H groups in total. The van der Waals surface area contributed by atoms with Crippen LogP contribution in [0.1, 0.15) is 46.0 Å². The van der Waals surface area contributed by atoms with Crippen molar-refractivity contribution in [2.75, 3.05) is 26.2 Å². The fourth-order valence-electron chi connectivity index (χ4n) is 2.17. The van der Waals surface area contributed by atoms with Crippen molar-refractivity contribution < 1.29 is 9.59 Å². The lowest BCUT2D eigenvalue weighted by molar-refractivity contribution is -0.130. The molecule has 1 unspecified atom stereocenters. The van der Waals surface area contributed by atoms with Gasteiger partial charge in [0.15, 0.2) is 0 Å². The Bertz CT molecular complexity index is 286. The van der Waals surface area contributed by atoms with Crippen LogP contribution in [0.3, 0.4) is 0 Å². The minimum absolute atomic E-state index is 0.0366. The first-order valence-electron chi connectivity index (χ1n) is 7.44. The molecule has 0 saturated carbocycles. The molecule has 0 radical (unpaired) electrons. The van der Waals surface area contributed by atoms with Gasteiger partial charge in [0.2, 0.25) is 11.8 Å². The van der Waals surface area contributed by atoms with Crippen molar-refractivity contribution in [3.8, 4) is 0 Å². The summed E-state index contributed by atoms with van der Waals surface area (Å²) >= 11 is 0. The Morgan fingerprint density at radius 3 is 2.37 bits per heavy atom. The van der Waals surface area contributed by atoms with Crippen LogP contribution in [0.5, 0.6) is 0 Å². The van der Waals surface area contributed by atoms with Crippen LogP contribution < -0.4 is 10.6 Å². The number of hydrogen-bond donors (Lipinski definition) is 2. The molecule has 5 nitrogen and oxygen atoms in total. The summed E-state index contributed by atoms with van der Waals surface area (Å²) in [5.74, 6) is 0.0718. The van der Waals surface area contributed by atoms with Gasteiger partial charge in [-0.1, -0.05) is 19.8 Å². The Labute approximate surface area is 116 Å². The number of nitrogens with one attached hydrogen (secondary N) is 2. The quantitative estimate of drug-likeness (QED) is 0.753. The average molecular weight is 269 g/mol. The first-order valence-corrected chi connectivity index (χ1v) is 7.44. The Hall–Kier alpha value is -1.10. The van der Waals surface area contributed by atoms with Crippen molar-refractivity contribution in [3.63, 3.8) is 0 Å². The van der Waals surface area contributed by atoms with Crippen molar-refractivity contribution in [1.82, 2.24) is 15.5 Å². The van der Waals surface area contributed by atoms with Gasteiger partial charge in [-0.15, -0.1) is 0 Å². The molecule has 0 bridgehead atoms. The highest BCUT2D eigenvalue weighted by atomic mass is 16.2. The van der Waals surface area contributed by atoms with Gasteiger partial charge in [0.25, 0.3) is 0 Å². The molecule has 0 aliphatic carbocycles. The maximum Gasteiger partial charge on any atom is 0.236 e. The van der Waals surface area contributed by atoms with E-state index in [0.717, 1.165) is 32.4 Å². The Kier molecular flexibility index (Phi) is 7.48. The number of likely N-dealkylation sites (tertiary alicyclic amines) is 1. The minimum atomic E-state index is -0.317. The van der Waals surface area contributed by atoms with Gasteiger partial charge >= 0.3 is 0 Å². The Morgan fingerprint density at radius 1 is 1.16 bits per heavy atom. The van der Waals surface area contributed by atoms with Gasteiger partial charge < -0.3 is 10.2 Å². The lowest BCUT2D eigenvalue weighted by Crippen LogP contribution is -2.47. The second-order valence-electron chi connectivity index (χ2n) is 5.19. The molecule has 0 aromatic heterocycles. The molecule has 5 heteroatoms. The molecule has 1 aliphatic rings. The second-order valence-corrected chi connectivity index (χ2v) is 5.19. The van der Waals surface area contributed by atoms with Gasteiger partial charge in [0.05, 0.1) is 12.6 Å². The van der Waals surface area contributed by atoms with E-state index in [1.165, 1.54) is 12.8 Å². The number of hydrogen-bond acceptors (Lipinski definition) is 3. The SMILES string of the molecule is CCCNC(=O)C(C)NCC(=O)N1CCCCCC1. The molecule has 1 atom stereocenters. The number of carbonyl (C=O) groups is 2. The van der Waals surface area contributed by atoms with Crippen molar-refractivity contribution in [1.29, 1.82) is 0 Å². The van der Waals surface area contributed by atoms with Crippen LogP contribution in [0, 0.1) is 0 Å². The zero-order valence-corrected chi connectivity index (χ0v) is 12.2. The fraction of sp³-hybridized carbons (Fsp3) is 0.857. The molecule has 2 amide bonds. The third-order valence-corrected chi connectivity index (χ3v) is 3.46. The molecule has 1 aliphatic heterocycles. The van der Waals surface area contributed by atoms with E-state index >= 15 is 0 Å². The maximum atomic E-state index is 12.0. The standard InChI is InChI=1S/C14H27N3O2/c1-3-8-15-14(19)12(2)16-11-13(18)17-9-6-4-5-7-10-17/h12,16H,3-11H2,1-2H3,(H,15,19). The van der Waals surface area contributed by atoms with Gasteiger partial charge in [-0.2, -0.15) is 0 Å². The molecule has 19 heavy (non-hydrogen) atoms. The van der Waals surface area contributed by atoms with Crippen LogP contribution in [0.4, 0.5) is 0 Å². The number of nitrogens with zero attached hydrogens (tertiary/aromatic N) is 1. The summed E-state index contributed by atoms with van der Waals surface area (Å²) in [6.07, 6.45) is 5.54. The van der Waals surface area contributed by atoms with Crippen molar-refractivity contribution in [2.45, 2.75) is 52.0 Å². The van der Waals surface area contributed by atoms with E-state index in [9.17, 15) is 9.59 Å². The van der Waals surface area contributed by atoms with Crippen molar-refractivity contribution in [3.05, 3.63) is 0 Å². The fourth-order valence-corrected chi connectivity index (χ4v) is 2.17. The predicted molar refractivity (Wildman–Crippen MR) is 75.8 cm³/mol. The van der Waals surface area contributed by atoms with Crippen molar-refractivity contribution >= 4 is 11.8 Å². The minimum Gasteiger partial charge on any atom is -0.355 e. The second kappa shape index (κ2) is 8.91. The van der Waals surface area contributed by atoms with E-state index in [0.29, 0.717) is 6.54 Å². The normalized spacial score (nSPS) is 17.7. The zero-order valence-electron chi connectivity index (χ0n) is 12.2. The molecular weight excluding hydrogens is 242 g/mol. The third kappa shape index (κ3) is 6.05. The zero-order chi connectivity index (χ0) is 14.1. The smallest absolute Gasteiger partial charge is 0.236 e. The van der Waals surface area contributed by atoms with E-state index in [4.69, 9.17) is 0 Å². The van der Waals surface area contributed by atoms with Gasteiger partial charge in [0, 0.05) is 19.6 Å². The van der Waals surface area contributed by atoms with E-state index in [1.54, 1.807) is 6.92 Å². The molecule has 1 fully saturated rings. The maximum absolute atomic E-state index is 12.0. The van der Waals surface area contributed by atoms with Crippen LogP contribution in [-0.4, -0.2) is 48.9 Å². The molecule has 1 rings (SSSR count). The van der Waals surface area contributed by atoms with Gasteiger partial charge in [-0.05, 0) is 26.2 Å². The number of rotatable bonds is 6. The lowest BCUT2D eigenvalue weighted by atomic mass is 10.2. The summed E-state index contributed by atoms with van der Waals surface area (Å²) in [6.45, 7) is 6.46. The molecular formula is C14H27N3O2. The molecule has 0 aromatic carbocycles. The molecule has 1 heterocycles. The Balaban J connectivity index is 2.26. The monoisotopic (exact) mass is 269 g/mol. The summed E-state index contributed by atoms with van der Waals surface area (Å²) in [4.78, 5) is 25.6. The highest BCUT2D eigenvalue weighted by Crippen LogP contribution is 2.09. The van der Waals surface area contributed by atoms with E-state index < -0.39 is 0 Å². The van der Waals surface area contributed by atoms with Crippen LogP contribution >= 0.6 is 0 Å². The van der Waals surface area contributed by atoms with Gasteiger partial charge in [-0.25, -0.2) is 0 Å². The molecule has 0 aromatic rings. The average Bonchev–Trinajstić information content (AvgIpc) is 2.70. The molecule has 0 spiro atoms. The molecule has 1 saturated heterocycles. The number of carbonyl (C=O) groups excluding carboxylic acids is 2. The summed E-state index contributed by atoms with van der Waals surface area (Å²) < 4.78 is 0. The third-order valence-electron chi connectivity index (χ3n) is 3.46. The van der Waals surface area contributed by atoms with Crippen molar-refractivity contribution in [2.24, 2.45) is 0 Å². The van der Waals surface area contributed by atoms with Crippen LogP contribution in [-0.2, 0) is 9.59 Å². The van der Waals surface area contributed by atoms with E-state index in [2.05, 4.69) is 10.6 Å². The van der Waals surface area contributed by atoms with Crippen LogP contribution in [0.25, 0.3) is 0 Å². The highest BCUT2D eigenvalue weighted by Gasteiger charge is 2.17. The van der Waals surface area contributed by atoms with Crippen LogP contribution in [0.2, 0.25) is 0 Å². The van der Waals surface area contributed by atoms with Gasteiger partial charge in [0.1, 0.15) is 0 Å². The van der Waals surface area contributed by atoms with Crippen LogP contribution in [0.15, 0.2) is 0 Å². The van der Waals surface area contributed by atoms with E-state index in [1.807, 2.05) is 11.8 Å². The summed E-state index contributed by atoms with van der Waals surface area (Å²) in [5, 5.41) is 5.82. The summed E-state index contributed by atoms with van der Waals surface area (Å²) in [6, 6.07) is -0.317. The van der Waals surface area contributed by atoms with E-state index in [-0.39, 0.29) is 24.4 Å². The number of amides is 2. The highest BCUT2D eigenvalue weighted by molar-refractivity contribution is 5.83. The lowest BCUT2D eigenvalue weighted by Gasteiger charge is -2.21. The van der Waals surface area contributed by atoms with Gasteiger partial charge in [-0.3, -0.25) is 14.9 Å². The summed E-state index contributed by atoms with van der Waals surface area (Å²) in [5.41, 5.74) is 0. The topological polar surface area (TPSA) is 61.4 Å². The predicted octanol–water partition coefficient (Wildman–Crippen LogP) is 0.893. The largest absolute Gasteiger partial charge is 0.355 e. The first-order chi connectivity index (χ1) is 9.15. The summed E-state index contributed by atoms with van der Waals surface area (Å²) in [7, 11) is 0.